The number of amides is 1. The van der Waals surface area contributed by atoms with Gasteiger partial charge in [0.15, 0.2) is 0 Å². The number of nitrogens with one attached hydrogen (secondary N) is 1. The first-order valence-electron chi connectivity index (χ1n) is 7.03. The van der Waals surface area contributed by atoms with Gasteiger partial charge in [-0.15, -0.1) is 0 Å². The first-order chi connectivity index (χ1) is 9.64. The van der Waals surface area contributed by atoms with E-state index in [2.05, 4.69) is 35.1 Å². The highest BCUT2D eigenvalue weighted by molar-refractivity contribution is 9.10. The maximum Gasteiger partial charge on any atom is 0.408 e. The van der Waals surface area contributed by atoms with Gasteiger partial charge in [-0.3, -0.25) is 0 Å². The average molecular weight is 358 g/mol. The molecule has 0 bridgehead atoms. The number of ether oxygens (including phenoxy) is 1. The zero-order valence-corrected chi connectivity index (χ0v) is 14.8. The third-order valence-corrected chi connectivity index (χ3v) is 3.63. The molecule has 1 aromatic carbocycles. The first kappa shape index (κ1) is 18.0. The normalized spacial score (nSPS) is 13.1. The van der Waals surface area contributed by atoms with Gasteiger partial charge in [-0.1, -0.05) is 41.9 Å². The molecular weight excluding hydrogens is 334 g/mol. The lowest BCUT2D eigenvalue weighted by molar-refractivity contribution is 0.0481. The Hall–Kier alpha value is -1.07. The van der Waals surface area contributed by atoms with Gasteiger partial charge in [0.25, 0.3) is 0 Å². The molecule has 1 atom stereocenters. The third-order valence-electron chi connectivity index (χ3n) is 2.94. The van der Waals surface area contributed by atoms with Crippen LogP contribution in [0.25, 0.3) is 0 Å². The highest BCUT2D eigenvalue weighted by atomic mass is 79.9. The van der Waals surface area contributed by atoms with Crippen molar-refractivity contribution in [2.24, 2.45) is 0 Å². The summed E-state index contributed by atoms with van der Waals surface area (Å²) in [4.78, 5) is 11.8. The maximum atomic E-state index is 11.8. The molecule has 0 saturated carbocycles. The van der Waals surface area contributed by atoms with Crippen LogP contribution in [0.2, 0.25) is 0 Å². The quantitative estimate of drug-likeness (QED) is 0.851. The summed E-state index contributed by atoms with van der Waals surface area (Å²) in [5.74, 6) is 0.418. The molecule has 118 valence electrons. The van der Waals surface area contributed by atoms with Crippen molar-refractivity contribution in [3.63, 3.8) is 0 Å². The number of benzene rings is 1. The summed E-state index contributed by atoms with van der Waals surface area (Å²) in [6, 6.07) is 5.43. The van der Waals surface area contributed by atoms with Gasteiger partial charge < -0.3 is 15.2 Å². The van der Waals surface area contributed by atoms with Crippen LogP contribution < -0.4 is 5.32 Å². The zero-order valence-electron chi connectivity index (χ0n) is 13.2. The van der Waals surface area contributed by atoms with E-state index in [4.69, 9.17) is 4.74 Å². The predicted molar refractivity (Wildman–Crippen MR) is 87.4 cm³/mol. The van der Waals surface area contributed by atoms with E-state index in [1.54, 1.807) is 20.8 Å². The molecular formula is C16H24BrNO3. The second-order valence-electron chi connectivity index (χ2n) is 6.32. The average Bonchev–Trinajstić information content (AvgIpc) is 2.34. The van der Waals surface area contributed by atoms with Gasteiger partial charge in [-0.25, -0.2) is 4.79 Å². The summed E-state index contributed by atoms with van der Waals surface area (Å²) in [6.45, 7) is 9.43. The maximum absolute atomic E-state index is 11.8. The van der Waals surface area contributed by atoms with E-state index < -0.39 is 17.7 Å². The Kier molecular flexibility index (Phi) is 6.23. The summed E-state index contributed by atoms with van der Waals surface area (Å²) in [5, 5.41) is 12.2. The predicted octanol–water partition coefficient (Wildman–Crippen LogP) is 4.13. The lowest BCUT2D eigenvalue weighted by Gasteiger charge is -2.23. The molecule has 0 fully saturated rings. The molecule has 0 spiro atoms. The van der Waals surface area contributed by atoms with Crippen molar-refractivity contribution in [2.75, 3.05) is 6.61 Å². The molecule has 1 rings (SSSR count). The van der Waals surface area contributed by atoms with E-state index in [1.807, 2.05) is 18.2 Å². The largest absolute Gasteiger partial charge is 0.444 e. The van der Waals surface area contributed by atoms with Crippen LogP contribution in [-0.2, 0) is 4.74 Å². The SMILES string of the molecule is CC(C)c1ccc([C@@H](CO)NC(=O)OC(C)(C)C)c(Br)c1. The molecule has 5 heteroatoms. The van der Waals surface area contributed by atoms with Gasteiger partial charge in [0.1, 0.15) is 5.60 Å². The molecule has 1 aromatic rings. The Bertz CT molecular complexity index is 495. The summed E-state index contributed by atoms with van der Waals surface area (Å²) in [6.07, 6.45) is -0.540. The van der Waals surface area contributed by atoms with Gasteiger partial charge in [-0.05, 0) is 43.9 Å². The number of carbonyl (C=O) groups is 1. The van der Waals surface area contributed by atoms with Gasteiger partial charge in [-0.2, -0.15) is 0 Å². The fraction of sp³-hybridized carbons (Fsp3) is 0.562. The molecule has 4 nitrogen and oxygen atoms in total. The molecule has 0 saturated heterocycles. The Morgan fingerprint density at radius 2 is 2.00 bits per heavy atom. The van der Waals surface area contributed by atoms with Gasteiger partial charge in [0.2, 0.25) is 0 Å². The van der Waals surface area contributed by atoms with Crippen molar-refractivity contribution >= 4 is 22.0 Å². The molecule has 0 aliphatic carbocycles. The summed E-state index contributed by atoms with van der Waals surface area (Å²) < 4.78 is 6.08. The number of aliphatic hydroxyl groups excluding tert-OH is 1. The van der Waals surface area contributed by atoms with E-state index in [0.29, 0.717) is 5.92 Å². The van der Waals surface area contributed by atoms with Crippen LogP contribution in [0.3, 0.4) is 0 Å². The highest BCUT2D eigenvalue weighted by Crippen LogP contribution is 2.27. The van der Waals surface area contributed by atoms with Crippen molar-refractivity contribution in [1.82, 2.24) is 5.32 Å². The Balaban J connectivity index is 2.88. The lowest BCUT2D eigenvalue weighted by atomic mass is 9.99. The number of alkyl carbamates (subject to hydrolysis) is 1. The van der Waals surface area contributed by atoms with Gasteiger partial charge >= 0.3 is 6.09 Å². The fourth-order valence-electron chi connectivity index (χ4n) is 1.86. The lowest BCUT2D eigenvalue weighted by Crippen LogP contribution is -2.36. The third kappa shape index (κ3) is 5.67. The molecule has 0 unspecified atom stereocenters. The minimum Gasteiger partial charge on any atom is -0.444 e. The minimum absolute atomic E-state index is 0.196. The Morgan fingerprint density at radius 1 is 1.38 bits per heavy atom. The van der Waals surface area contributed by atoms with E-state index in [-0.39, 0.29) is 6.61 Å². The molecule has 0 aliphatic heterocycles. The van der Waals surface area contributed by atoms with E-state index in [9.17, 15) is 9.90 Å². The van der Waals surface area contributed by atoms with Crippen molar-refractivity contribution < 1.29 is 14.6 Å². The zero-order chi connectivity index (χ0) is 16.2. The van der Waals surface area contributed by atoms with Gasteiger partial charge in [0.05, 0.1) is 12.6 Å². The van der Waals surface area contributed by atoms with E-state index in [1.165, 1.54) is 5.56 Å². The minimum atomic E-state index is -0.567. The summed E-state index contributed by atoms with van der Waals surface area (Å²) in [5.41, 5.74) is 1.45. The van der Waals surface area contributed by atoms with Crippen molar-refractivity contribution in [1.29, 1.82) is 0 Å². The molecule has 1 amide bonds. The number of rotatable bonds is 4. The van der Waals surface area contributed by atoms with Crippen LogP contribution in [0.4, 0.5) is 4.79 Å². The fourth-order valence-corrected chi connectivity index (χ4v) is 2.53. The second kappa shape index (κ2) is 7.27. The molecule has 0 aliphatic rings. The summed E-state index contributed by atoms with van der Waals surface area (Å²) >= 11 is 3.50. The highest BCUT2D eigenvalue weighted by Gasteiger charge is 2.21. The molecule has 0 heterocycles. The standard InChI is InChI=1S/C16H24BrNO3/c1-10(2)11-6-7-12(13(17)8-11)14(9-19)18-15(20)21-16(3,4)5/h6-8,10,14,19H,9H2,1-5H3,(H,18,20)/t14-/m1/s1. The van der Waals surface area contributed by atoms with Crippen LogP contribution in [0, 0.1) is 0 Å². The number of halogens is 1. The molecule has 2 N–H and O–H groups in total. The monoisotopic (exact) mass is 357 g/mol. The van der Waals surface area contributed by atoms with Crippen LogP contribution in [0.15, 0.2) is 22.7 Å². The molecule has 0 aromatic heterocycles. The van der Waals surface area contributed by atoms with Crippen LogP contribution in [-0.4, -0.2) is 23.4 Å². The number of hydrogen-bond acceptors (Lipinski definition) is 3. The first-order valence-corrected chi connectivity index (χ1v) is 7.83. The van der Waals surface area contributed by atoms with Crippen molar-refractivity contribution in [3.05, 3.63) is 33.8 Å². The second-order valence-corrected chi connectivity index (χ2v) is 7.17. The van der Waals surface area contributed by atoms with Crippen LogP contribution in [0.5, 0.6) is 0 Å². The smallest absolute Gasteiger partial charge is 0.408 e. The topological polar surface area (TPSA) is 58.6 Å². The van der Waals surface area contributed by atoms with Crippen molar-refractivity contribution in [2.45, 2.75) is 52.2 Å². The van der Waals surface area contributed by atoms with E-state index >= 15 is 0 Å². The number of carbonyl (C=O) groups excluding carboxylic acids is 1. The molecule has 0 radical (unpaired) electrons. The van der Waals surface area contributed by atoms with E-state index in [0.717, 1.165) is 10.0 Å². The van der Waals surface area contributed by atoms with Crippen LogP contribution in [0.1, 0.15) is 57.7 Å². The number of aliphatic hydroxyl groups is 1. The van der Waals surface area contributed by atoms with Crippen molar-refractivity contribution in [3.8, 4) is 0 Å². The molecule has 21 heavy (non-hydrogen) atoms. The van der Waals surface area contributed by atoms with Gasteiger partial charge in [0, 0.05) is 4.47 Å². The summed E-state index contributed by atoms with van der Waals surface area (Å²) in [7, 11) is 0. The van der Waals surface area contributed by atoms with Crippen LogP contribution >= 0.6 is 15.9 Å². The number of hydrogen-bond donors (Lipinski definition) is 2. The Morgan fingerprint density at radius 3 is 2.43 bits per heavy atom. The Labute approximate surface area is 135 Å².